The Balaban J connectivity index is 1.55. The third-order valence-electron chi connectivity index (χ3n) is 3.95. The summed E-state index contributed by atoms with van der Waals surface area (Å²) in [5, 5.41) is 2.48. The van der Waals surface area contributed by atoms with Crippen LogP contribution < -0.4 is 14.8 Å². The summed E-state index contributed by atoms with van der Waals surface area (Å²) in [5.41, 5.74) is 1.36. The van der Waals surface area contributed by atoms with Gasteiger partial charge in [0.1, 0.15) is 17.5 Å². The van der Waals surface area contributed by atoms with Gasteiger partial charge in [-0.2, -0.15) is 0 Å². The SMILES string of the molecule is O=C(Nc1ccc(-c2cc3c(cc2Br)OCO3)cn1)c1ccc(F)cc1F. The Hall–Kier alpha value is -3.00. The van der Waals surface area contributed by atoms with Crippen LogP contribution in [0.2, 0.25) is 0 Å². The lowest BCUT2D eigenvalue weighted by atomic mass is 10.1. The number of carbonyl (C=O) groups is 1. The standard InChI is InChI=1S/C19H11BrF2N2O3/c20-14-7-17-16(26-9-27-17)6-13(14)10-1-4-18(23-8-10)24-19(25)12-3-2-11(21)5-15(12)22/h1-8H,9H2,(H,23,24,25). The predicted molar refractivity (Wildman–Crippen MR) is 97.8 cm³/mol. The molecule has 27 heavy (non-hydrogen) atoms. The number of nitrogens with zero attached hydrogens (tertiary/aromatic N) is 1. The van der Waals surface area contributed by atoms with Gasteiger partial charge in [-0.05, 0) is 36.4 Å². The number of rotatable bonds is 3. The summed E-state index contributed by atoms with van der Waals surface area (Å²) in [6.07, 6.45) is 1.57. The highest BCUT2D eigenvalue weighted by Crippen LogP contribution is 2.40. The van der Waals surface area contributed by atoms with E-state index in [1.807, 2.05) is 12.1 Å². The van der Waals surface area contributed by atoms with Crippen molar-refractivity contribution in [2.75, 3.05) is 12.1 Å². The molecule has 0 spiro atoms. The first-order chi connectivity index (χ1) is 13.0. The molecule has 0 radical (unpaired) electrons. The first-order valence-corrected chi connectivity index (χ1v) is 8.62. The van der Waals surface area contributed by atoms with Crippen LogP contribution in [0.5, 0.6) is 11.5 Å². The second-order valence-electron chi connectivity index (χ2n) is 5.70. The Labute approximate surface area is 161 Å². The molecular formula is C19H11BrF2N2O3. The van der Waals surface area contributed by atoms with E-state index in [1.54, 1.807) is 18.3 Å². The monoisotopic (exact) mass is 432 g/mol. The maximum absolute atomic E-state index is 13.7. The summed E-state index contributed by atoms with van der Waals surface area (Å²) < 4.78 is 38.2. The smallest absolute Gasteiger partial charge is 0.259 e. The summed E-state index contributed by atoms with van der Waals surface area (Å²) >= 11 is 3.48. The number of carbonyl (C=O) groups excluding carboxylic acids is 1. The normalized spacial score (nSPS) is 12.1. The fraction of sp³-hybridized carbons (Fsp3) is 0.0526. The molecule has 8 heteroatoms. The lowest BCUT2D eigenvalue weighted by molar-refractivity contribution is 0.102. The number of ether oxygens (including phenoxy) is 2. The third-order valence-corrected chi connectivity index (χ3v) is 4.61. The van der Waals surface area contributed by atoms with E-state index >= 15 is 0 Å². The maximum Gasteiger partial charge on any atom is 0.259 e. The van der Waals surface area contributed by atoms with Crippen molar-refractivity contribution >= 4 is 27.7 Å². The Morgan fingerprint density at radius 3 is 2.56 bits per heavy atom. The highest BCUT2D eigenvalue weighted by molar-refractivity contribution is 9.10. The van der Waals surface area contributed by atoms with Crippen LogP contribution in [0.25, 0.3) is 11.1 Å². The van der Waals surface area contributed by atoms with Crippen molar-refractivity contribution in [1.29, 1.82) is 0 Å². The van der Waals surface area contributed by atoms with Gasteiger partial charge in [0.05, 0.1) is 5.56 Å². The zero-order valence-corrected chi connectivity index (χ0v) is 15.2. The van der Waals surface area contributed by atoms with Crippen LogP contribution in [0.15, 0.2) is 53.1 Å². The minimum Gasteiger partial charge on any atom is -0.454 e. The van der Waals surface area contributed by atoms with Crippen molar-refractivity contribution in [2.24, 2.45) is 0 Å². The number of anilines is 1. The Morgan fingerprint density at radius 2 is 1.85 bits per heavy atom. The molecule has 0 fully saturated rings. The lowest BCUT2D eigenvalue weighted by Gasteiger charge is -2.09. The molecule has 0 saturated carbocycles. The van der Waals surface area contributed by atoms with Gasteiger partial charge in [-0.3, -0.25) is 4.79 Å². The average molecular weight is 433 g/mol. The molecule has 0 unspecified atom stereocenters. The molecule has 0 atom stereocenters. The molecule has 5 nitrogen and oxygen atoms in total. The van der Waals surface area contributed by atoms with Crippen LogP contribution >= 0.6 is 15.9 Å². The van der Waals surface area contributed by atoms with Crippen molar-refractivity contribution in [2.45, 2.75) is 0 Å². The molecule has 0 saturated heterocycles. The predicted octanol–water partition coefficient (Wildman–Crippen LogP) is 4.77. The number of pyridine rings is 1. The first-order valence-electron chi connectivity index (χ1n) is 7.83. The van der Waals surface area contributed by atoms with Crippen molar-refractivity contribution in [3.05, 3.63) is 70.3 Å². The number of hydrogen-bond acceptors (Lipinski definition) is 4. The second-order valence-corrected chi connectivity index (χ2v) is 6.55. The number of fused-ring (bicyclic) bond motifs is 1. The van der Waals surface area contributed by atoms with Gasteiger partial charge in [-0.1, -0.05) is 15.9 Å². The van der Waals surface area contributed by atoms with Crippen molar-refractivity contribution in [3.8, 4) is 22.6 Å². The topological polar surface area (TPSA) is 60.5 Å². The molecular weight excluding hydrogens is 422 g/mol. The minimum absolute atomic E-state index is 0.175. The molecule has 2 heterocycles. The third kappa shape index (κ3) is 3.48. The molecule has 1 amide bonds. The van der Waals surface area contributed by atoms with Crippen LogP contribution in [-0.2, 0) is 0 Å². The number of nitrogens with one attached hydrogen (secondary N) is 1. The van der Waals surface area contributed by atoms with E-state index in [2.05, 4.69) is 26.2 Å². The van der Waals surface area contributed by atoms with E-state index in [9.17, 15) is 13.6 Å². The van der Waals surface area contributed by atoms with Crippen molar-refractivity contribution in [1.82, 2.24) is 4.98 Å². The average Bonchev–Trinajstić information content (AvgIpc) is 3.09. The fourth-order valence-corrected chi connectivity index (χ4v) is 3.17. The van der Waals surface area contributed by atoms with Crippen LogP contribution in [-0.4, -0.2) is 17.7 Å². The Morgan fingerprint density at radius 1 is 1.07 bits per heavy atom. The van der Waals surface area contributed by atoms with Gasteiger partial charge in [0.2, 0.25) is 6.79 Å². The second kappa shape index (κ2) is 6.96. The van der Waals surface area contributed by atoms with E-state index in [4.69, 9.17) is 9.47 Å². The van der Waals surface area contributed by atoms with E-state index in [-0.39, 0.29) is 18.2 Å². The van der Waals surface area contributed by atoms with Crippen LogP contribution in [0, 0.1) is 11.6 Å². The molecule has 3 aromatic rings. The summed E-state index contributed by atoms with van der Waals surface area (Å²) in [6, 6.07) is 9.74. The highest BCUT2D eigenvalue weighted by atomic mass is 79.9. The van der Waals surface area contributed by atoms with Crippen LogP contribution in [0.3, 0.4) is 0 Å². The summed E-state index contributed by atoms with van der Waals surface area (Å²) in [5.74, 6) is -0.864. The van der Waals surface area contributed by atoms with Gasteiger partial charge < -0.3 is 14.8 Å². The van der Waals surface area contributed by atoms with Gasteiger partial charge in [0.15, 0.2) is 11.5 Å². The number of aromatic nitrogens is 1. The number of amides is 1. The van der Waals surface area contributed by atoms with Gasteiger partial charge in [0, 0.05) is 27.9 Å². The van der Waals surface area contributed by atoms with E-state index in [0.29, 0.717) is 17.6 Å². The molecule has 0 aliphatic carbocycles. The van der Waals surface area contributed by atoms with E-state index in [1.165, 1.54) is 0 Å². The molecule has 1 aliphatic heterocycles. The number of hydrogen-bond donors (Lipinski definition) is 1. The van der Waals surface area contributed by atoms with Gasteiger partial charge >= 0.3 is 0 Å². The zero-order chi connectivity index (χ0) is 19.0. The van der Waals surface area contributed by atoms with E-state index in [0.717, 1.165) is 27.7 Å². The highest BCUT2D eigenvalue weighted by Gasteiger charge is 2.18. The molecule has 1 aliphatic rings. The lowest BCUT2D eigenvalue weighted by Crippen LogP contribution is -2.14. The van der Waals surface area contributed by atoms with Crippen LogP contribution in [0.1, 0.15) is 10.4 Å². The molecule has 136 valence electrons. The summed E-state index contributed by atoms with van der Waals surface area (Å²) in [6.45, 7) is 0.175. The zero-order valence-electron chi connectivity index (χ0n) is 13.6. The largest absolute Gasteiger partial charge is 0.454 e. The quantitative estimate of drug-likeness (QED) is 0.647. The van der Waals surface area contributed by atoms with E-state index < -0.39 is 17.5 Å². The maximum atomic E-state index is 13.7. The first kappa shape index (κ1) is 17.4. The molecule has 4 rings (SSSR count). The van der Waals surface area contributed by atoms with Crippen molar-refractivity contribution < 1.29 is 23.0 Å². The molecule has 1 aromatic heterocycles. The summed E-state index contributed by atoms with van der Waals surface area (Å²) in [4.78, 5) is 16.3. The fourth-order valence-electron chi connectivity index (χ4n) is 2.62. The minimum atomic E-state index is -0.937. The van der Waals surface area contributed by atoms with Crippen molar-refractivity contribution in [3.63, 3.8) is 0 Å². The molecule has 1 N–H and O–H groups in total. The Kier molecular flexibility index (Phi) is 4.49. The molecule has 0 bridgehead atoms. The van der Waals surface area contributed by atoms with Gasteiger partial charge in [-0.15, -0.1) is 0 Å². The number of benzene rings is 2. The van der Waals surface area contributed by atoms with Gasteiger partial charge in [-0.25, -0.2) is 13.8 Å². The number of halogens is 3. The van der Waals surface area contributed by atoms with Gasteiger partial charge in [0.25, 0.3) is 5.91 Å². The van der Waals surface area contributed by atoms with Crippen LogP contribution in [0.4, 0.5) is 14.6 Å². The Bertz CT molecular complexity index is 1040. The molecule has 2 aromatic carbocycles. The summed E-state index contributed by atoms with van der Waals surface area (Å²) in [7, 11) is 0.